The second-order valence-electron chi connectivity index (χ2n) is 7.59. The van der Waals surface area contributed by atoms with Crippen molar-refractivity contribution in [3.05, 3.63) is 69.8 Å². The monoisotopic (exact) mass is 460 g/mol. The summed E-state index contributed by atoms with van der Waals surface area (Å²) in [7, 11) is 0. The van der Waals surface area contributed by atoms with Gasteiger partial charge in [-0.25, -0.2) is 4.79 Å². The summed E-state index contributed by atoms with van der Waals surface area (Å²) in [5.41, 5.74) is 2.92. The number of urea groups is 1. The smallest absolute Gasteiger partial charge is 0.314 e. The molecule has 3 aromatic rings. The van der Waals surface area contributed by atoms with Crippen LogP contribution in [0.4, 0.5) is 4.79 Å². The fraction of sp³-hybridized carbons (Fsp3) is 0.304. The molecule has 1 aromatic heterocycles. The summed E-state index contributed by atoms with van der Waals surface area (Å²) in [6, 6.07) is 13.1. The largest absolute Gasteiger partial charge is 0.361 e. The topological polar surface area (TPSA) is 86.0 Å². The molecule has 2 aromatic carbocycles. The van der Waals surface area contributed by atoms with Crippen LogP contribution in [-0.4, -0.2) is 36.6 Å². The van der Waals surface area contributed by atoms with Crippen molar-refractivity contribution in [2.24, 2.45) is 5.92 Å². The summed E-state index contributed by atoms with van der Waals surface area (Å²) in [5, 5.41) is 10.6. The second-order valence-corrected chi connectivity index (χ2v) is 8.43. The molecule has 0 fully saturated rings. The quantitative estimate of drug-likeness (QED) is 0.368. The molecule has 0 aliphatic rings. The molecule has 31 heavy (non-hydrogen) atoms. The number of para-hydroxylation sites is 1. The molecule has 8 heteroatoms. The van der Waals surface area contributed by atoms with Gasteiger partial charge < -0.3 is 20.9 Å². The van der Waals surface area contributed by atoms with Crippen LogP contribution in [0.25, 0.3) is 10.9 Å². The number of benzene rings is 2. The third-order valence-electron chi connectivity index (χ3n) is 5.04. The molecule has 0 saturated heterocycles. The van der Waals surface area contributed by atoms with Gasteiger partial charge in [0.25, 0.3) is 0 Å². The van der Waals surface area contributed by atoms with E-state index in [9.17, 15) is 9.59 Å². The van der Waals surface area contributed by atoms with Crippen molar-refractivity contribution >= 4 is 46.0 Å². The summed E-state index contributed by atoms with van der Waals surface area (Å²) >= 11 is 12.6. The van der Waals surface area contributed by atoms with E-state index < -0.39 is 0 Å². The number of carbonyl (C=O) groups excluding carboxylic acids is 2. The van der Waals surface area contributed by atoms with E-state index in [1.807, 2.05) is 50.4 Å². The third kappa shape index (κ3) is 5.93. The maximum absolute atomic E-state index is 12.3. The summed E-state index contributed by atoms with van der Waals surface area (Å²) < 4.78 is 0. The first-order valence-corrected chi connectivity index (χ1v) is 10.9. The fourth-order valence-corrected chi connectivity index (χ4v) is 3.92. The van der Waals surface area contributed by atoms with Gasteiger partial charge in [0, 0.05) is 58.6 Å². The van der Waals surface area contributed by atoms with Crippen molar-refractivity contribution < 1.29 is 9.59 Å². The Morgan fingerprint density at radius 3 is 2.45 bits per heavy atom. The predicted octanol–water partition coefficient (Wildman–Crippen LogP) is 4.68. The standard InChI is InChI=1S/C23H26Cl2N4O2/c1-14(2)22(30)26-9-10-27-23(31)29-13-18(16-8-7-15(24)11-20(16)25)19-12-28-21-6-4-3-5-17(19)21/h3-8,11-12,14,18,28H,9-10,13H2,1-2H3,(H,26,30)(H2,27,29,31). The number of carbonyl (C=O) groups is 2. The Balaban J connectivity index is 1.71. The van der Waals surface area contributed by atoms with Crippen molar-refractivity contribution in [3.63, 3.8) is 0 Å². The van der Waals surface area contributed by atoms with Crippen LogP contribution in [0.5, 0.6) is 0 Å². The predicted molar refractivity (Wildman–Crippen MR) is 126 cm³/mol. The molecular weight excluding hydrogens is 435 g/mol. The van der Waals surface area contributed by atoms with Crippen LogP contribution in [0, 0.1) is 5.92 Å². The SMILES string of the molecule is CC(C)C(=O)NCCNC(=O)NCC(c1ccc(Cl)cc1Cl)c1c[nH]c2ccccc12. The highest BCUT2D eigenvalue weighted by Gasteiger charge is 2.21. The van der Waals surface area contributed by atoms with Gasteiger partial charge >= 0.3 is 6.03 Å². The van der Waals surface area contributed by atoms with E-state index in [1.54, 1.807) is 12.1 Å². The summed E-state index contributed by atoms with van der Waals surface area (Å²) in [5.74, 6) is -0.304. The summed E-state index contributed by atoms with van der Waals surface area (Å²) in [6.45, 7) is 4.70. The van der Waals surface area contributed by atoms with Crippen molar-refractivity contribution in [3.8, 4) is 0 Å². The van der Waals surface area contributed by atoms with E-state index in [0.29, 0.717) is 29.7 Å². The summed E-state index contributed by atoms with van der Waals surface area (Å²) in [4.78, 5) is 27.2. The van der Waals surface area contributed by atoms with Crippen molar-refractivity contribution in [1.82, 2.24) is 20.9 Å². The normalized spacial score (nSPS) is 12.0. The first-order valence-electron chi connectivity index (χ1n) is 10.2. The van der Waals surface area contributed by atoms with Gasteiger partial charge in [-0.3, -0.25) is 4.79 Å². The number of nitrogens with one attached hydrogen (secondary N) is 4. The van der Waals surface area contributed by atoms with Crippen LogP contribution in [0.3, 0.4) is 0 Å². The van der Waals surface area contributed by atoms with E-state index >= 15 is 0 Å². The number of H-pyrrole nitrogens is 1. The zero-order valence-electron chi connectivity index (χ0n) is 17.5. The molecule has 1 atom stereocenters. The van der Waals surface area contributed by atoms with Crippen LogP contribution >= 0.6 is 23.2 Å². The van der Waals surface area contributed by atoms with E-state index in [4.69, 9.17) is 23.2 Å². The first-order chi connectivity index (χ1) is 14.9. The average Bonchev–Trinajstić information content (AvgIpc) is 3.16. The molecule has 0 spiro atoms. The number of hydrogen-bond acceptors (Lipinski definition) is 2. The molecule has 164 valence electrons. The van der Waals surface area contributed by atoms with Crippen LogP contribution in [0.1, 0.15) is 30.9 Å². The lowest BCUT2D eigenvalue weighted by molar-refractivity contribution is -0.123. The Morgan fingerprint density at radius 2 is 1.71 bits per heavy atom. The van der Waals surface area contributed by atoms with Gasteiger partial charge in [0.2, 0.25) is 5.91 Å². The van der Waals surface area contributed by atoms with E-state index in [0.717, 1.165) is 22.0 Å². The number of amides is 3. The fourth-order valence-electron chi connectivity index (χ4n) is 3.38. The van der Waals surface area contributed by atoms with Crippen LogP contribution in [0.2, 0.25) is 10.0 Å². The van der Waals surface area contributed by atoms with Crippen LogP contribution < -0.4 is 16.0 Å². The molecular formula is C23H26Cl2N4O2. The van der Waals surface area contributed by atoms with Crippen LogP contribution in [0.15, 0.2) is 48.7 Å². The maximum atomic E-state index is 12.3. The Labute approximate surface area is 191 Å². The van der Waals surface area contributed by atoms with E-state index in [1.165, 1.54) is 0 Å². The molecule has 3 rings (SSSR count). The third-order valence-corrected chi connectivity index (χ3v) is 5.60. The molecule has 0 saturated carbocycles. The van der Waals surface area contributed by atoms with Crippen molar-refractivity contribution in [2.75, 3.05) is 19.6 Å². The van der Waals surface area contributed by atoms with Gasteiger partial charge in [0.1, 0.15) is 0 Å². The second kappa shape index (κ2) is 10.6. The highest BCUT2D eigenvalue weighted by molar-refractivity contribution is 6.35. The Hall–Kier alpha value is -2.70. The van der Waals surface area contributed by atoms with Crippen LogP contribution in [-0.2, 0) is 4.79 Å². The van der Waals surface area contributed by atoms with E-state index in [2.05, 4.69) is 20.9 Å². The Kier molecular flexibility index (Phi) is 7.82. The number of fused-ring (bicyclic) bond motifs is 1. The highest BCUT2D eigenvalue weighted by atomic mass is 35.5. The molecule has 0 aliphatic heterocycles. The Morgan fingerprint density at radius 1 is 0.968 bits per heavy atom. The minimum absolute atomic E-state index is 0.0426. The number of aromatic nitrogens is 1. The first kappa shape index (κ1) is 23.0. The molecule has 6 nitrogen and oxygen atoms in total. The Bertz CT molecular complexity index is 1060. The number of hydrogen-bond donors (Lipinski definition) is 4. The maximum Gasteiger partial charge on any atom is 0.314 e. The lowest BCUT2D eigenvalue weighted by Crippen LogP contribution is -2.42. The summed E-state index contributed by atoms with van der Waals surface area (Å²) in [6.07, 6.45) is 1.95. The van der Waals surface area contributed by atoms with Crippen molar-refractivity contribution in [1.29, 1.82) is 0 Å². The minimum atomic E-state index is -0.311. The van der Waals surface area contributed by atoms with Gasteiger partial charge in [0.15, 0.2) is 0 Å². The van der Waals surface area contributed by atoms with Gasteiger partial charge in [0.05, 0.1) is 0 Å². The molecule has 0 aliphatic carbocycles. The van der Waals surface area contributed by atoms with Gasteiger partial charge in [-0.05, 0) is 29.3 Å². The minimum Gasteiger partial charge on any atom is -0.361 e. The van der Waals surface area contributed by atoms with Crippen molar-refractivity contribution in [2.45, 2.75) is 19.8 Å². The number of halogens is 2. The molecule has 1 heterocycles. The molecule has 0 radical (unpaired) electrons. The average molecular weight is 461 g/mol. The molecule has 0 bridgehead atoms. The lowest BCUT2D eigenvalue weighted by atomic mass is 9.91. The van der Waals surface area contributed by atoms with Gasteiger partial charge in [-0.15, -0.1) is 0 Å². The number of rotatable bonds is 8. The highest BCUT2D eigenvalue weighted by Crippen LogP contribution is 2.35. The molecule has 4 N–H and O–H groups in total. The lowest BCUT2D eigenvalue weighted by Gasteiger charge is -2.20. The molecule has 1 unspecified atom stereocenters. The van der Waals surface area contributed by atoms with Gasteiger partial charge in [-0.2, -0.15) is 0 Å². The van der Waals surface area contributed by atoms with Gasteiger partial charge in [-0.1, -0.05) is 61.3 Å². The zero-order chi connectivity index (χ0) is 22.4. The zero-order valence-corrected chi connectivity index (χ0v) is 19.0. The van der Waals surface area contributed by atoms with E-state index in [-0.39, 0.29) is 23.8 Å². The molecule has 3 amide bonds. The number of aromatic amines is 1.